The molecule has 19 heteroatoms. The van der Waals surface area contributed by atoms with Crippen molar-refractivity contribution < 1.29 is 83.4 Å². The van der Waals surface area contributed by atoms with E-state index >= 15 is 0 Å². The second-order valence-corrected chi connectivity index (χ2v) is 4.91. The van der Waals surface area contributed by atoms with Crippen LogP contribution in [-0.4, -0.2) is 54.1 Å². The highest BCUT2D eigenvalue weighted by Crippen LogP contribution is 2.64. The molecule has 0 aliphatic carbocycles. The Morgan fingerprint density at radius 2 is 0.679 bits per heavy atom. The minimum Gasteiger partial charge on any atom is -0.233 e. The Balaban J connectivity index is 6.94. The third-order valence-corrected chi connectivity index (χ3v) is 3.05. The minimum atomic E-state index is -8.86. The summed E-state index contributed by atoms with van der Waals surface area (Å²) in [4.78, 5) is 0. The summed E-state index contributed by atoms with van der Waals surface area (Å²) in [6, 6.07) is 0. The molecule has 0 radical (unpaired) electrons. The zero-order chi connectivity index (χ0) is 23.6. The van der Waals surface area contributed by atoms with Gasteiger partial charge in [0.15, 0.2) is 0 Å². The van der Waals surface area contributed by atoms with Crippen LogP contribution in [-0.2, 0) is 0 Å². The van der Waals surface area contributed by atoms with Crippen molar-refractivity contribution in [2.24, 2.45) is 0 Å². The first-order valence-corrected chi connectivity index (χ1v) is 5.70. The lowest BCUT2D eigenvalue weighted by atomic mass is 9.82. The maximum absolute atomic E-state index is 13.4. The first-order chi connectivity index (χ1) is 11.7. The molecule has 2 atom stereocenters. The Labute approximate surface area is 139 Å². The van der Waals surface area contributed by atoms with E-state index in [-0.39, 0.29) is 0 Å². The SMILES string of the molecule is FC(C(F)(F)C(F)(F)F)C(F)(F)C(F)(F)C(F)(C(F)(F)F)C(F)(F)C(F)(F)F. The van der Waals surface area contributed by atoms with Gasteiger partial charge < -0.3 is 0 Å². The molecule has 0 aliphatic rings. The summed E-state index contributed by atoms with van der Waals surface area (Å²) in [7, 11) is 0. The topological polar surface area (TPSA) is 0 Å². The Morgan fingerprint density at radius 3 is 0.893 bits per heavy atom. The number of rotatable bonds is 5. The van der Waals surface area contributed by atoms with Crippen molar-refractivity contribution in [1.29, 1.82) is 0 Å². The molecule has 170 valence electrons. The summed E-state index contributed by atoms with van der Waals surface area (Å²) >= 11 is 0. The number of hydrogen-bond donors (Lipinski definition) is 0. The molecule has 0 heterocycles. The molecule has 0 N–H and O–H groups in total. The van der Waals surface area contributed by atoms with Crippen LogP contribution in [0.15, 0.2) is 0 Å². The molecule has 0 aliphatic heterocycles. The fourth-order valence-corrected chi connectivity index (χ4v) is 1.51. The molecule has 0 aromatic rings. The Morgan fingerprint density at radius 1 is 0.357 bits per heavy atom. The summed E-state index contributed by atoms with van der Waals surface area (Å²) in [5.41, 5.74) is -8.86. The van der Waals surface area contributed by atoms with Gasteiger partial charge in [0.2, 0.25) is 6.17 Å². The molecule has 0 nitrogen and oxygen atoms in total. The molecule has 2 unspecified atom stereocenters. The number of hydrogen-bond acceptors (Lipinski definition) is 0. The molecule has 0 saturated heterocycles. The van der Waals surface area contributed by atoms with Gasteiger partial charge >= 0.3 is 47.9 Å². The van der Waals surface area contributed by atoms with Crippen molar-refractivity contribution in [2.75, 3.05) is 0 Å². The standard InChI is InChI=1S/C9HF19/c10-1(3(13,14)7(20,21)22)2(11,12)5(16,17)4(15,8(23,24)25)6(18,19)9(26,27)28/h1H. The lowest BCUT2D eigenvalue weighted by Gasteiger charge is -2.44. The maximum Gasteiger partial charge on any atom is 0.457 e. The maximum atomic E-state index is 13.4. The van der Waals surface area contributed by atoms with E-state index in [1.54, 1.807) is 0 Å². The lowest BCUT2D eigenvalue weighted by Crippen LogP contribution is -2.77. The quantitative estimate of drug-likeness (QED) is 0.417. The van der Waals surface area contributed by atoms with Gasteiger partial charge in [-0.2, -0.15) is 74.6 Å². The zero-order valence-corrected chi connectivity index (χ0v) is 11.8. The summed E-state index contributed by atoms with van der Waals surface area (Å²) in [5, 5.41) is 0. The van der Waals surface area contributed by atoms with Crippen molar-refractivity contribution in [3.8, 4) is 0 Å². The van der Waals surface area contributed by atoms with Crippen molar-refractivity contribution in [1.82, 2.24) is 0 Å². The van der Waals surface area contributed by atoms with Gasteiger partial charge in [-0.05, 0) is 0 Å². The largest absolute Gasteiger partial charge is 0.457 e. The predicted molar refractivity (Wildman–Crippen MR) is 46.7 cm³/mol. The molecule has 0 rings (SSSR count). The third-order valence-electron chi connectivity index (χ3n) is 3.05. The molecule has 0 saturated carbocycles. The second kappa shape index (κ2) is 6.33. The van der Waals surface area contributed by atoms with Crippen LogP contribution < -0.4 is 0 Å². The van der Waals surface area contributed by atoms with Gasteiger partial charge in [-0.25, -0.2) is 8.78 Å². The van der Waals surface area contributed by atoms with E-state index in [0.29, 0.717) is 0 Å². The average molecular weight is 470 g/mol. The minimum absolute atomic E-state index is 6.91. The van der Waals surface area contributed by atoms with Crippen molar-refractivity contribution in [2.45, 2.75) is 54.1 Å². The predicted octanol–water partition coefficient (Wildman–Crippen LogP) is 6.26. The van der Waals surface area contributed by atoms with Crippen molar-refractivity contribution >= 4 is 0 Å². The fourth-order valence-electron chi connectivity index (χ4n) is 1.51. The van der Waals surface area contributed by atoms with Gasteiger partial charge in [0.25, 0.3) is 0 Å². The highest BCUT2D eigenvalue weighted by molar-refractivity contribution is 5.18. The molecule has 0 aromatic heterocycles. The van der Waals surface area contributed by atoms with Gasteiger partial charge in [-0.1, -0.05) is 0 Å². The van der Waals surface area contributed by atoms with E-state index < -0.39 is 54.1 Å². The normalized spacial score (nSPS) is 19.4. The van der Waals surface area contributed by atoms with Crippen LogP contribution >= 0.6 is 0 Å². The Hall–Kier alpha value is -1.33. The Bertz CT molecular complexity index is 559. The molecule has 0 spiro atoms. The van der Waals surface area contributed by atoms with E-state index in [9.17, 15) is 83.4 Å². The first-order valence-electron chi connectivity index (χ1n) is 5.70. The fraction of sp³-hybridized carbons (Fsp3) is 1.00. The smallest absolute Gasteiger partial charge is 0.233 e. The van der Waals surface area contributed by atoms with Crippen LogP contribution in [0.1, 0.15) is 0 Å². The average Bonchev–Trinajstić information content (AvgIpc) is 2.40. The monoisotopic (exact) mass is 470 g/mol. The molecular weight excluding hydrogens is 469 g/mol. The van der Waals surface area contributed by atoms with E-state index in [1.807, 2.05) is 0 Å². The number of halogens is 19. The van der Waals surface area contributed by atoms with Crippen LogP contribution in [0.3, 0.4) is 0 Å². The van der Waals surface area contributed by atoms with E-state index in [4.69, 9.17) is 0 Å². The molecular formula is C9HF19. The van der Waals surface area contributed by atoms with Crippen LogP contribution in [0.25, 0.3) is 0 Å². The van der Waals surface area contributed by atoms with Crippen LogP contribution in [0, 0.1) is 0 Å². The van der Waals surface area contributed by atoms with Crippen molar-refractivity contribution in [3.63, 3.8) is 0 Å². The highest BCUT2D eigenvalue weighted by atomic mass is 19.4. The number of alkyl halides is 19. The van der Waals surface area contributed by atoms with Gasteiger partial charge in [0, 0.05) is 0 Å². The molecule has 0 fully saturated rings. The van der Waals surface area contributed by atoms with Gasteiger partial charge in [-0.3, -0.25) is 0 Å². The zero-order valence-electron chi connectivity index (χ0n) is 11.8. The van der Waals surface area contributed by atoms with E-state index in [1.165, 1.54) is 0 Å². The first kappa shape index (κ1) is 26.7. The van der Waals surface area contributed by atoms with Crippen LogP contribution in [0.5, 0.6) is 0 Å². The molecule has 0 amide bonds. The van der Waals surface area contributed by atoms with Crippen LogP contribution in [0.2, 0.25) is 0 Å². The van der Waals surface area contributed by atoms with Gasteiger partial charge in [0.1, 0.15) is 0 Å². The summed E-state index contributed by atoms with van der Waals surface area (Å²) in [6.07, 6.45) is -30.9. The summed E-state index contributed by atoms with van der Waals surface area (Å²) in [5.74, 6) is -33.5. The third kappa shape index (κ3) is 3.30. The van der Waals surface area contributed by atoms with Gasteiger partial charge in [-0.15, -0.1) is 0 Å². The summed E-state index contributed by atoms with van der Waals surface area (Å²) < 4.78 is 237. The molecule has 28 heavy (non-hydrogen) atoms. The second-order valence-electron chi connectivity index (χ2n) is 4.91. The highest BCUT2D eigenvalue weighted by Gasteiger charge is 2.96. The van der Waals surface area contributed by atoms with E-state index in [2.05, 4.69) is 0 Å². The summed E-state index contributed by atoms with van der Waals surface area (Å²) in [6.45, 7) is 0. The lowest BCUT2D eigenvalue weighted by molar-refractivity contribution is -0.456. The van der Waals surface area contributed by atoms with E-state index in [0.717, 1.165) is 0 Å². The van der Waals surface area contributed by atoms with Crippen molar-refractivity contribution in [3.05, 3.63) is 0 Å². The Kier molecular flexibility index (Phi) is 6.03. The van der Waals surface area contributed by atoms with Crippen LogP contribution in [0.4, 0.5) is 83.4 Å². The van der Waals surface area contributed by atoms with Gasteiger partial charge in [0.05, 0.1) is 0 Å². The molecule has 0 aromatic carbocycles. The molecule has 0 bridgehead atoms.